The molecule has 2 aromatic carbocycles. The summed E-state index contributed by atoms with van der Waals surface area (Å²) < 4.78 is 9.73. The average molecular weight is 380 g/mol. The highest BCUT2D eigenvalue weighted by molar-refractivity contribution is 7.08. The summed E-state index contributed by atoms with van der Waals surface area (Å²) in [4.78, 5) is 17.2. The van der Waals surface area contributed by atoms with Crippen molar-refractivity contribution in [2.75, 3.05) is 13.7 Å². The van der Waals surface area contributed by atoms with Crippen LogP contribution in [0.25, 0.3) is 11.3 Å². The van der Waals surface area contributed by atoms with Crippen molar-refractivity contribution in [1.29, 1.82) is 0 Å². The van der Waals surface area contributed by atoms with Gasteiger partial charge in [0.05, 0.1) is 17.7 Å². The minimum absolute atomic E-state index is 0.0481. The van der Waals surface area contributed by atoms with Gasteiger partial charge < -0.3 is 9.84 Å². The van der Waals surface area contributed by atoms with Crippen LogP contribution in [0.2, 0.25) is 0 Å². The molecule has 0 saturated heterocycles. The van der Waals surface area contributed by atoms with Gasteiger partial charge in [0.25, 0.3) is 0 Å². The minimum Gasteiger partial charge on any atom is -0.507 e. The van der Waals surface area contributed by atoms with E-state index in [0.29, 0.717) is 4.88 Å². The first-order valence-corrected chi connectivity index (χ1v) is 9.20. The number of ketones is 1. The second-order valence-corrected chi connectivity index (χ2v) is 6.98. The summed E-state index contributed by atoms with van der Waals surface area (Å²) in [6, 6.07) is 13.0. The van der Waals surface area contributed by atoms with E-state index in [1.54, 1.807) is 19.4 Å². The Kier molecular flexibility index (Phi) is 5.66. The van der Waals surface area contributed by atoms with E-state index < -0.39 is 0 Å². The largest absolute Gasteiger partial charge is 0.507 e. The molecular formula is C21H20N2O3S. The lowest BCUT2D eigenvalue weighted by atomic mass is 10.1. The highest BCUT2D eigenvalue weighted by Crippen LogP contribution is 2.30. The fourth-order valence-electron chi connectivity index (χ4n) is 2.77. The number of carbonyl (C=O) groups is 1. The number of aliphatic imine (C=N–C) groups is 1. The number of benzene rings is 2. The predicted molar refractivity (Wildman–Crippen MR) is 108 cm³/mol. The molecule has 0 aliphatic carbocycles. The molecule has 3 rings (SSSR count). The zero-order valence-electron chi connectivity index (χ0n) is 15.4. The number of phenols is 1. The summed E-state index contributed by atoms with van der Waals surface area (Å²) in [5.74, 6) is 0.923. The van der Waals surface area contributed by atoms with E-state index in [1.165, 1.54) is 0 Å². The molecule has 0 aliphatic heterocycles. The number of hydrogen-bond acceptors (Lipinski definition) is 6. The Bertz CT molecular complexity index is 985. The van der Waals surface area contributed by atoms with Crippen LogP contribution in [0.5, 0.6) is 11.5 Å². The highest BCUT2D eigenvalue weighted by atomic mass is 32.1. The minimum atomic E-state index is -0.0860. The maximum absolute atomic E-state index is 12.4. The lowest BCUT2D eigenvalue weighted by Gasteiger charge is -2.04. The number of phenolic OH excluding ortho intramolecular Hbond substituents is 1. The lowest BCUT2D eigenvalue weighted by molar-refractivity contribution is 0.101. The number of aryl methyl sites for hydroxylation is 2. The number of rotatable bonds is 6. The van der Waals surface area contributed by atoms with Gasteiger partial charge >= 0.3 is 0 Å². The van der Waals surface area contributed by atoms with Gasteiger partial charge in [0.15, 0.2) is 5.78 Å². The van der Waals surface area contributed by atoms with E-state index >= 15 is 0 Å². The summed E-state index contributed by atoms with van der Waals surface area (Å²) in [6.45, 7) is 3.72. The van der Waals surface area contributed by atoms with Gasteiger partial charge in [0, 0.05) is 11.8 Å². The number of para-hydroxylation sites is 1. The van der Waals surface area contributed by atoms with Crippen LogP contribution in [0.1, 0.15) is 26.4 Å². The predicted octanol–water partition coefficient (Wildman–Crippen LogP) is 4.44. The van der Waals surface area contributed by atoms with Crippen molar-refractivity contribution in [3.8, 4) is 22.8 Å². The Labute approximate surface area is 162 Å². The molecule has 1 heterocycles. The second-order valence-electron chi connectivity index (χ2n) is 6.17. The molecule has 0 aliphatic rings. The first-order valence-electron chi connectivity index (χ1n) is 8.43. The zero-order valence-corrected chi connectivity index (χ0v) is 16.2. The maximum Gasteiger partial charge on any atom is 0.195 e. The van der Waals surface area contributed by atoms with Crippen molar-refractivity contribution in [2.45, 2.75) is 13.8 Å². The molecule has 0 fully saturated rings. The first kappa shape index (κ1) is 18.8. The zero-order chi connectivity index (χ0) is 19.4. The van der Waals surface area contributed by atoms with Gasteiger partial charge in [-0.25, -0.2) is 0 Å². The molecule has 0 saturated carbocycles. The van der Waals surface area contributed by atoms with Crippen LogP contribution in [0, 0.1) is 13.8 Å². The molecule has 0 atom stereocenters. The van der Waals surface area contributed by atoms with Gasteiger partial charge in [0.1, 0.15) is 18.0 Å². The SMILES string of the molecule is COc1ccccc1-c1cc(C(=O)CN=Cc2cc(C)c(O)c(C)c2)sn1. The number of ether oxygens (including phenoxy) is 1. The fourth-order valence-corrected chi connectivity index (χ4v) is 3.44. The average Bonchev–Trinajstić information content (AvgIpc) is 3.16. The molecular weight excluding hydrogens is 360 g/mol. The van der Waals surface area contributed by atoms with Gasteiger partial charge in [-0.2, -0.15) is 4.37 Å². The van der Waals surface area contributed by atoms with Crippen molar-refractivity contribution in [3.05, 3.63) is 64.0 Å². The Balaban J connectivity index is 1.71. The molecule has 5 nitrogen and oxygen atoms in total. The molecule has 27 heavy (non-hydrogen) atoms. The van der Waals surface area contributed by atoms with E-state index in [-0.39, 0.29) is 18.1 Å². The summed E-state index contributed by atoms with van der Waals surface area (Å²) in [6.07, 6.45) is 1.65. The second kappa shape index (κ2) is 8.14. The number of hydrogen-bond donors (Lipinski definition) is 1. The van der Waals surface area contributed by atoms with Crippen LogP contribution in [0.15, 0.2) is 47.5 Å². The van der Waals surface area contributed by atoms with E-state index in [0.717, 1.165) is 45.2 Å². The molecule has 0 radical (unpaired) electrons. The summed E-state index contributed by atoms with van der Waals surface area (Å²) in [5.41, 5.74) is 4.00. The van der Waals surface area contributed by atoms with Gasteiger partial charge in [-0.15, -0.1) is 0 Å². The summed E-state index contributed by atoms with van der Waals surface area (Å²) in [7, 11) is 1.61. The fraction of sp³-hybridized carbons (Fsp3) is 0.190. The van der Waals surface area contributed by atoms with Crippen LogP contribution in [-0.4, -0.2) is 35.1 Å². The third-order valence-corrected chi connectivity index (χ3v) is 4.99. The van der Waals surface area contributed by atoms with Crippen molar-refractivity contribution in [1.82, 2.24) is 4.37 Å². The normalized spacial score (nSPS) is 11.1. The molecule has 0 bridgehead atoms. The van der Waals surface area contributed by atoms with Gasteiger partial charge in [-0.1, -0.05) is 12.1 Å². The molecule has 6 heteroatoms. The van der Waals surface area contributed by atoms with E-state index in [2.05, 4.69) is 9.37 Å². The standard InChI is InChI=1S/C21H20N2O3S/c1-13-8-15(9-14(2)21(13)25)11-22-12-18(24)20-10-17(23-27-20)16-6-4-5-7-19(16)26-3/h4-11,25H,12H2,1-3H3. The van der Waals surface area contributed by atoms with E-state index in [1.807, 2.05) is 50.2 Å². The Hall–Kier alpha value is -2.99. The molecule has 0 unspecified atom stereocenters. The lowest BCUT2D eigenvalue weighted by Crippen LogP contribution is -2.01. The van der Waals surface area contributed by atoms with E-state index in [4.69, 9.17) is 4.74 Å². The number of methoxy groups -OCH3 is 1. The van der Waals surface area contributed by atoms with Gasteiger partial charge in [-0.3, -0.25) is 9.79 Å². The summed E-state index contributed by atoms with van der Waals surface area (Å²) >= 11 is 1.16. The monoisotopic (exact) mass is 380 g/mol. The van der Waals surface area contributed by atoms with Crippen molar-refractivity contribution >= 4 is 23.5 Å². The van der Waals surface area contributed by atoms with Crippen LogP contribution in [0.3, 0.4) is 0 Å². The Morgan fingerprint density at radius 2 is 1.93 bits per heavy atom. The molecule has 138 valence electrons. The topological polar surface area (TPSA) is 71.8 Å². The number of nitrogens with zero attached hydrogens (tertiary/aromatic N) is 2. The molecule has 1 aromatic heterocycles. The maximum atomic E-state index is 12.4. The number of Topliss-reactive ketones (excluding diaryl/α,β-unsaturated/α-hetero) is 1. The Morgan fingerprint density at radius 1 is 1.22 bits per heavy atom. The Morgan fingerprint density at radius 3 is 2.63 bits per heavy atom. The van der Waals surface area contributed by atoms with Crippen LogP contribution < -0.4 is 4.74 Å². The highest BCUT2D eigenvalue weighted by Gasteiger charge is 2.13. The van der Waals surface area contributed by atoms with Crippen LogP contribution in [-0.2, 0) is 0 Å². The van der Waals surface area contributed by atoms with Gasteiger partial charge in [0.2, 0.25) is 0 Å². The smallest absolute Gasteiger partial charge is 0.195 e. The first-order chi connectivity index (χ1) is 13.0. The third kappa shape index (κ3) is 4.23. The molecule has 3 aromatic rings. The quantitative estimate of drug-likeness (QED) is 0.507. The molecule has 1 N–H and O–H groups in total. The van der Waals surface area contributed by atoms with Crippen molar-refractivity contribution in [3.63, 3.8) is 0 Å². The molecule has 0 spiro atoms. The molecule has 0 amide bonds. The van der Waals surface area contributed by atoms with Gasteiger partial charge in [-0.05, 0) is 72.4 Å². The van der Waals surface area contributed by atoms with Crippen LogP contribution >= 0.6 is 11.5 Å². The van der Waals surface area contributed by atoms with Crippen molar-refractivity contribution in [2.24, 2.45) is 4.99 Å². The number of carbonyl (C=O) groups excluding carboxylic acids is 1. The van der Waals surface area contributed by atoms with Crippen LogP contribution in [0.4, 0.5) is 0 Å². The van der Waals surface area contributed by atoms with E-state index in [9.17, 15) is 9.90 Å². The van der Waals surface area contributed by atoms with Crippen molar-refractivity contribution < 1.29 is 14.6 Å². The third-order valence-electron chi connectivity index (χ3n) is 4.16. The number of aromatic hydroxyl groups is 1. The summed E-state index contributed by atoms with van der Waals surface area (Å²) in [5, 5.41) is 9.81. The number of aromatic nitrogens is 1.